The van der Waals surface area contributed by atoms with E-state index in [9.17, 15) is 9.59 Å². The summed E-state index contributed by atoms with van der Waals surface area (Å²) in [7, 11) is 0. The number of hydrogen-bond acceptors (Lipinski definition) is 5. The predicted molar refractivity (Wildman–Crippen MR) is 98.3 cm³/mol. The number of H-pyrrole nitrogens is 1. The van der Waals surface area contributed by atoms with Gasteiger partial charge in [-0.3, -0.25) is 9.59 Å². The van der Waals surface area contributed by atoms with Crippen LogP contribution in [-0.4, -0.2) is 33.9 Å². The number of nitrogens with one attached hydrogen (secondary N) is 2. The minimum Gasteiger partial charge on any atom is -0.346 e. The second-order valence-electron chi connectivity index (χ2n) is 5.66. The van der Waals surface area contributed by atoms with E-state index in [2.05, 4.69) is 20.3 Å². The van der Waals surface area contributed by atoms with Crippen molar-refractivity contribution >= 4 is 23.5 Å². The van der Waals surface area contributed by atoms with Crippen molar-refractivity contribution in [1.82, 2.24) is 20.3 Å². The zero-order valence-corrected chi connectivity index (χ0v) is 15.6. The standard InChI is InChI=1S/C17H22ClN5O2/c1-5-23(6-2)17-20-9-13(18)14(22-17)16(25)19-8-12-10(3)7-11(4)21-15(12)24/h7,9H,5-6,8H2,1-4H3,(H,19,25)(H,21,24). The molecule has 1 amide bonds. The lowest BCUT2D eigenvalue weighted by atomic mass is 10.1. The van der Waals surface area contributed by atoms with Gasteiger partial charge >= 0.3 is 0 Å². The Morgan fingerprint density at radius 1 is 1.32 bits per heavy atom. The Labute approximate surface area is 151 Å². The first-order chi connectivity index (χ1) is 11.9. The number of aromatic nitrogens is 3. The van der Waals surface area contributed by atoms with Gasteiger partial charge in [-0.15, -0.1) is 0 Å². The van der Waals surface area contributed by atoms with Gasteiger partial charge in [0.1, 0.15) is 0 Å². The fourth-order valence-corrected chi connectivity index (χ4v) is 2.71. The van der Waals surface area contributed by atoms with Gasteiger partial charge in [-0.25, -0.2) is 9.97 Å². The molecule has 0 spiro atoms. The quantitative estimate of drug-likeness (QED) is 0.821. The van der Waals surface area contributed by atoms with Crippen LogP contribution in [-0.2, 0) is 6.54 Å². The highest BCUT2D eigenvalue weighted by atomic mass is 35.5. The minimum absolute atomic E-state index is 0.0970. The predicted octanol–water partition coefficient (Wildman–Crippen LogP) is 2.21. The zero-order chi connectivity index (χ0) is 18.6. The van der Waals surface area contributed by atoms with Gasteiger partial charge < -0.3 is 15.2 Å². The summed E-state index contributed by atoms with van der Waals surface area (Å²) >= 11 is 6.07. The Bertz CT molecular complexity index is 830. The molecule has 2 N–H and O–H groups in total. The van der Waals surface area contributed by atoms with E-state index in [1.165, 1.54) is 6.20 Å². The number of amides is 1. The summed E-state index contributed by atoms with van der Waals surface area (Å²) in [5.41, 5.74) is 1.99. The van der Waals surface area contributed by atoms with Crippen molar-refractivity contribution in [3.05, 3.63) is 50.2 Å². The molecule has 8 heteroatoms. The number of carbonyl (C=O) groups excluding carboxylic acids is 1. The van der Waals surface area contributed by atoms with E-state index in [0.29, 0.717) is 11.5 Å². The molecule has 0 atom stereocenters. The van der Waals surface area contributed by atoms with E-state index in [1.807, 2.05) is 38.7 Å². The number of carbonyl (C=O) groups is 1. The van der Waals surface area contributed by atoms with Crippen molar-refractivity contribution in [2.45, 2.75) is 34.2 Å². The fraction of sp³-hybridized carbons (Fsp3) is 0.412. The molecule has 134 valence electrons. The van der Waals surface area contributed by atoms with Gasteiger partial charge in [-0.1, -0.05) is 11.6 Å². The van der Waals surface area contributed by atoms with Gasteiger partial charge in [0.15, 0.2) is 5.69 Å². The van der Waals surface area contributed by atoms with E-state index in [-0.39, 0.29) is 22.8 Å². The number of hydrogen-bond donors (Lipinski definition) is 2. The molecule has 0 fully saturated rings. The molecule has 2 rings (SSSR count). The van der Waals surface area contributed by atoms with Crippen molar-refractivity contribution in [1.29, 1.82) is 0 Å². The Morgan fingerprint density at radius 3 is 2.60 bits per heavy atom. The van der Waals surface area contributed by atoms with Crippen LogP contribution in [0.15, 0.2) is 17.1 Å². The molecule has 2 aromatic rings. The highest BCUT2D eigenvalue weighted by Crippen LogP contribution is 2.16. The van der Waals surface area contributed by atoms with Gasteiger partial charge in [0.05, 0.1) is 11.2 Å². The molecule has 0 saturated heterocycles. The summed E-state index contributed by atoms with van der Waals surface area (Å²) in [5.74, 6) is 0.00379. The summed E-state index contributed by atoms with van der Waals surface area (Å²) in [4.78, 5) is 37.6. The van der Waals surface area contributed by atoms with Gasteiger partial charge in [0.2, 0.25) is 5.95 Å². The Kier molecular flexibility index (Phi) is 6.14. The Hall–Kier alpha value is -2.41. The number of pyridine rings is 1. The van der Waals surface area contributed by atoms with Crippen LogP contribution in [0.25, 0.3) is 0 Å². The lowest BCUT2D eigenvalue weighted by Crippen LogP contribution is -2.30. The number of aryl methyl sites for hydroxylation is 2. The molecular formula is C17H22ClN5O2. The van der Waals surface area contributed by atoms with E-state index in [1.54, 1.807) is 0 Å². The number of aromatic amines is 1. The summed E-state index contributed by atoms with van der Waals surface area (Å²) in [6.07, 6.45) is 1.42. The molecule has 0 saturated carbocycles. The first kappa shape index (κ1) is 18.9. The molecule has 0 aliphatic rings. The maximum Gasteiger partial charge on any atom is 0.271 e. The molecule has 25 heavy (non-hydrogen) atoms. The smallest absolute Gasteiger partial charge is 0.271 e. The highest BCUT2D eigenvalue weighted by Gasteiger charge is 2.17. The highest BCUT2D eigenvalue weighted by molar-refractivity contribution is 6.33. The average Bonchev–Trinajstić information content (AvgIpc) is 2.56. The van der Waals surface area contributed by atoms with Crippen molar-refractivity contribution < 1.29 is 4.79 Å². The van der Waals surface area contributed by atoms with E-state index in [0.717, 1.165) is 24.3 Å². The molecule has 0 bridgehead atoms. The summed E-state index contributed by atoms with van der Waals surface area (Å²) in [6, 6.07) is 1.86. The molecule has 2 aromatic heterocycles. The van der Waals surface area contributed by atoms with Crippen molar-refractivity contribution in [2.75, 3.05) is 18.0 Å². The van der Waals surface area contributed by atoms with Gasteiger partial charge in [-0.2, -0.15) is 0 Å². The molecular weight excluding hydrogens is 342 g/mol. The van der Waals surface area contributed by atoms with Crippen molar-refractivity contribution in [2.24, 2.45) is 0 Å². The zero-order valence-electron chi connectivity index (χ0n) is 14.8. The number of anilines is 1. The fourth-order valence-electron chi connectivity index (χ4n) is 2.53. The average molecular weight is 364 g/mol. The normalized spacial score (nSPS) is 10.6. The van der Waals surface area contributed by atoms with E-state index >= 15 is 0 Å². The van der Waals surface area contributed by atoms with Crippen LogP contribution in [0.2, 0.25) is 5.02 Å². The number of nitrogens with zero attached hydrogens (tertiary/aromatic N) is 3. The van der Waals surface area contributed by atoms with Gasteiger partial charge in [-0.05, 0) is 39.3 Å². The SMILES string of the molecule is CCN(CC)c1ncc(Cl)c(C(=O)NCc2c(C)cc(C)[nH]c2=O)n1. The van der Waals surface area contributed by atoms with Gasteiger partial charge in [0, 0.05) is 30.9 Å². The van der Waals surface area contributed by atoms with Crippen LogP contribution in [0.3, 0.4) is 0 Å². The van der Waals surface area contributed by atoms with Crippen LogP contribution in [0.1, 0.15) is 41.2 Å². The van der Waals surface area contributed by atoms with Crippen molar-refractivity contribution in [3.8, 4) is 0 Å². The van der Waals surface area contributed by atoms with E-state index < -0.39 is 5.91 Å². The summed E-state index contributed by atoms with van der Waals surface area (Å²) in [6.45, 7) is 9.14. The molecule has 0 aromatic carbocycles. The topological polar surface area (TPSA) is 91.0 Å². The lowest BCUT2D eigenvalue weighted by Gasteiger charge is -2.19. The van der Waals surface area contributed by atoms with E-state index in [4.69, 9.17) is 11.6 Å². The molecule has 0 aliphatic heterocycles. The maximum absolute atomic E-state index is 12.5. The monoisotopic (exact) mass is 363 g/mol. The third-order valence-electron chi connectivity index (χ3n) is 3.91. The van der Waals surface area contributed by atoms with Crippen LogP contribution >= 0.6 is 11.6 Å². The van der Waals surface area contributed by atoms with Crippen molar-refractivity contribution in [3.63, 3.8) is 0 Å². The third kappa shape index (κ3) is 4.36. The summed E-state index contributed by atoms with van der Waals surface area (Å²) in [5, 5.41) is 2.88. The number of rotatable bonds is 6. The lowest BCUT2D eigenvalue weighted by molar-refractivity contribution is 0.0946. The largest absolute Gasteiger partial charge is 0.346 e. The maximum atomic E-state index is 12.5. The molecule has 0 aliphatic carbocycles. The van der Waals surface area contributed by atoms with Crippen LogP contribution in [0.4, 0.5) is 5.95 Å². The molecule has 7 nitrogen and oxygen atoms in total. The second kappa shape index (κ2) is 8.11. The van der Waals surface area contributed by atoms with Gasteiger partial charge in [0.25, 0.3) is 11.5 Å². The van der Waals surface area contributed by atoms with Crippen LogP contribution in [0, 0.1) is 13.8 Å². The Morgan fingerprint density at radius 2 is 2.00 bits per heavy atom. The molecule has 2 heterocycles. The number of halogens is 1. The first-order valence-corrected chi connectivity index (χ1v) is 8.50. The molecule has 0 radical (unpaired) electrons. The Balaban J connectivity index is 2.21. The van der Waals surface area contributed by atoms with Crippen LogP contribution in [0.5, 0.6) is 0 Å². The second-order valence-corrected chi connectivity index (χ2v) is 6.07. The third-order valence-corrected chi connectivity index (χ3v) is 4.19. The summed E-state index contributed by atoms with van der Waals surface area (Å²) < 4.78 is 0. The first-order valence-electron chi connectivity index (χ1n) is 8.12. The minimum atomic E-state index is -0.444. The van der Waals surface area contributed by atoms with Crippen LogP contribution < -0.4 is 15.8 Å². The molecule has 0 unspecified atom stereocenters.